The Balaban J connectivity index is 2.45. The van der Waals surface area contributed by atoms with Crippen molar-refractivity contribution in [2.75, 3.05) is 18.0 Å². The van der Waals surface area contributed by atoms with E-state index >= 15 is 0 Å². The van der Waals surface area contributed by atoms with Crippen LogP contribution in [0.5, 0.6) is 0 Å². The van der Waals surface area contributed by atoms with Crippen LogP contribution in [0.1, 0.15) is 18.9 Å². The third-order valence-corrected chi connectivity index (χ3v) is 3.97. The monoisotopic (exact) mass is 337 g/mol. The van der Waals surface area contributed by atoms with E-state index in [0.29, 0.717) is 17.6 Å². The summed E-state index contributed by atoms with van der Waals surface area (Å²) in [5.74, 6) is 0.257. The summed E-state index contributed by atoms with van der Waals surface area (Å²) in [7, 11) is 0. The summed E-state index contributed by atoms with van der Waals surface area (Å²) < 4.78 is 39.6. The average molecular weight is 338 g/mol. The largest absolute Gasteiger partial charge is 0.419 e. The Bertz CT molecular complexity index is 464. The third-order valence-electron chi connectivity index (χ3n) is 3.53. The van der Waals surface area contributed by atoms with Gasteiger partial charge in [-0.15, -0.1) is 0 Å². The van der Waals surface area contributed by atoms with E-state index in [2.05, 4.69) is 20.9 Å². The van der Waals surface area contributed by atoms with Gasteiger partial charge in [-0.1, -0.05) is 6.92 Å². The minimum absolute atomic E-state index is 0.0181. The molecule has 1 aliphatic heterocycles. The van der Waals surface area contributed by atoms with Crippen molar-refractivity contribution in [1.29, 1.82) is 0 Å². The highest BCUT2D eigenvalue weighted by Crippen LogP contribution is 2.39. The topological polar surface area (TPSA) is 42.2 Å². The predicted molar refractivity (Wildman–Crippen MR) is 70.9 cm³/mol. The van der Waals surface area contributed by atoms with Crippen molar-refractivity contribution in [3.63, 3.8) is 0 Å². The van der Waals surface area contributed by atoms with Gasteiger partial charge in [0, 0.05) is 29.8 Å². The molecule has 1 fully saturated rings. The van der Waals surface area contributed by atoms with Gasteiger partial charge in [-0.2, -0.15) is 13.2 Å². The van der Waals surface area contributed by atoms with E-state index in [1.165, 1.54) is 6.20 Å². The van der Waals surface area contributed by atoms with Crippen LogP contribution in [0, 0.1) is 5.92 Å². The van der Waals surface area contributed by atoms with Gasteiger partial charge in [0.15, 0.2) is 0 Å². The zero-order valence-corrected chi connectivity index (χ0v) is 12.0. The first-order valence-electron chi connectivity index (χ1n) is 6.04. The SMILES string of the molecule is CC1CCN(c2ncc(Br)cc2C(F)(F)F)C1CN. The Morgan fingerprint density at radius 3 is 2.79 bits per heavy atom. The van der Waals surface area contributed by atoms with Crippen LogP contribution in [0.4, 0.5) is 19.0 Å². The first-order valence-corrected chi connectivity index (χ1v) is 6.83. The fourth-order valence-electron chi connectivity index (χ4n) is 2.50. The first kappa shape index (κ1) is 14.6. The lowest BCUT2D eigenvalue weighted by atomic mass is 10.0. The highest BCUT2D eigenvalue weighted by atomic mass is 79.9. The smallest absolute Gasteiger partial charge is 0.352 e. The van der Waals surface area contributed by atoms with Crippen molar-refractivity contribution < 1.29 is 13.2 Å². The molecule has 2 N–H and O–H groups in total. The maximum absolute atomic E-state index is 13.1. The number of alkyl halides is 3. The standard InChI is InChI=1S/C12H15BrF3N3/c1-7-2-3-19(10(7)5-17)11-9(12(14,15)16)4-8(13)6-18-11/h4,6-7,10H,2-3,5,17H2,1H3. The fourth-order valence-corrected chi connectivity index (χ4v) is 2.83. The molecule has 1 aromatic rings. The normalized spacial score (nSPS) is 24.0. The Morgan fingerprint density at radius 1 is 1.53 bits per heavy atom. The number of pyridine rings is 1. The lowest BCUT2D eigenvalue weighted by molar-refractivity contribution is -0.137. The van der Waals surface area contributed by atoms with Crippen LogP contribution in [0.3, 0.4) is 0 Å². The van der Waals surface area contributed by atoms with E-state index in [1.54, 1.807) is 4.90 Å². The molecular formula is C12H15BrF3N3. The molecule has 2 unspecified atom stereocenters. The molecule has 1 aromatic heterocycles. The summed E-state index contributed by atoms with van der Waals surface area (Å²) in [5, 5.41) is 0. The Kier molecular flexibility index (Phi) is 4.06. The van der Waals surface area contributed by atoms with Gasteiger partial charge in [0.2, 0.25) is 0 Å². The minimum Gasteiger partial charge on any atom is -0.352 e. The Labute approximate surface area is 118 Å². The van der Waals surface area contributed by atoms with E-state index in [4.69, 9.17) is 5.73 Å². The molecule has 0 aromatic carbocycles. The second kappa shape index (κ2) is 5.28. The molecule has 3 nitrogen and oxygen atoms in total. The number of hydrogen-bond acceptors (Lipinski definition) is 3. The van der Waals surface area contributed by atoms with E-state index in [1.807, 2.05) is 6.92 Å². The molecule has 19 heavy (non-hydrogen) atoms. The summed E-state index contributed by atoms with van der Waals surface area (Å²) in [5.41, 5.74) is 4.97. The molecule has 2 heterocycles. The highest BCUT2D eigenvalue weighted by molar-refractivity contribution is 9.10. The molecule has 1 aliphatic rings. The number of aromatic nitrogens is 1. The molecule has 0 bridgehead atoms. The van der Waals surface area contributed by atoms with Gasteiger partial charge in [0.05, 0.1) is 5.56 Å². The molecule has 106 valence electrons. The summed E-state index contributed by atoms with van der Waals surface area (Å²) in [6, 6.07) is 0.980. The summed E-state index contributed by atoms with van der Waals surface area (Å²) in [4.78, 5) is 5.64. The summed E-state index contributed by atoms with van der Waals surface area (Å²) in [6.45, 7) is 2.89. The van der Waals surface area contributed by atoms with E-state index in [-0.39, 0.29) is 17.8 Å². The highest BCUT2D eigenvalue weighted by Gasteiger charge is 2.40. The van der Waals surface area contributed by atoms with Gasteiger partial charge in [-0.3, -0.25) is 0 Å². The van der Waals surface area contributed by atoms with E-state index in [0.717, 1.165) is 12.5 Å². The molecule has 1 saturated heterocycles. The molecule has 0 saturated carbocycles. The van der Waals surface area contributed by atoms with Crippen molar-refractivity contribution in [3.8, 4) is 0 Å². The second-order valence-electron chi connectivity index (χ2n) is 4.78. The lowest BCUT2D eigenvalue weighted by Gasteiger charge is -2.29. The van der Waals surface area contributed by atoms with Crippen LogP contribution in [0.2, 0.25) is 0 Å². The second-order valence-corrected chi connectivity index (χ2v) is 5.70. The van der Waals surface area contributed by atoms with E-state index in [9.17, 15) is 13.2 Å². The maximum Gasteiger partial charge on any atom is 0.419 e. The molecule has 7 heteroatoms. The first-order chi connectivity index (χ1) is 8.84. The van der Waals surface area contributed by atoms with Gasteiger partial charge in [0.25, 0.3) is 0 Å². The summed E-state index contributed by atoms with van der Waals surface area (Å²) in [6.07, 6.45) is -2.20. The lowest BCUT2D eigenvalue weighted by Crippen LogP contribution is -2.39. The van der Waals surface area contributed by atoms with Gasteiger partial charge in [-0.05, 0) is 34.3 Å². The molecule has 2 atom stereocenters. The Morgan fingerprint density at radius 2 is 2.21 bits per heavy atom. The van der Waals surface area contributed by atoms with Gasteiger partial charge in [-0.25, -0.2) is 4.98 Å². The molecular weight excluding hydrogens is 323 g/mol. The summed E-state index contributed by atoms with van der Waals surface area (Å²) >= 11 is 3.04. The zero-order valence-electron chi connectivity index (χ0n) is 10.4. The van der Waals surface area contributed by atoms with Crippen molar-refractivity contribution >= 4 is 21.7 Å². The number of rotatable bonds is 2. The van der Waals surface area contributed by atoms with Crippen LogP contribution in [0.15, 0.2) is 16.7 Å². The van der Waals surface area contributed by atoms with Crippen molar-refractivity contribution in [2.24, 2.45) is 11.7 Å². The van der Waals surface area contributed by atoms with Crippen molar-refractivity contribution in [1.82, 2.24) is 4.98 Å². The Hall–Kier alpha value is -0.820. The fraction of sp³-hybridized carbons (Fsp3) is 0.583. The third kappa shape index (κ3) is 2.86. The average Bonchev–Trinajstić information content (AvgIpc) is 2.69. The van der Waals surface area contributed by atoms with Crippen molar-refractivity contribution in [2.45, 2.75) is 25.6 Å². The quantitative estimate of drug-likeness (QED) is 0.901. The van der Waals surface area contributed by atoms with Crippen LogP contribution < -0.4 is 10.6 Å². The van der Waals surface area contributed by atoms with Gasteiger partial charge in [0.1, 0.15) is 5.82 Å². The zero-order chi connectivity index (χ0) is 14.2. The minimum atomic E-state index is -4.42. The van der Waals surface area contributed by atoms with Gasteiger partial charge < -0.3 is 10.6 Å². The maximum atomic E-state index is 13.1. The molecule has 0 spiro atoms. The van der Waals surface area contributed by atoms with Crippen LogP contribution in [-0.4, -0.2) is 24.1 Å². The van der Waals surface area contributed by atoms with Crippen molar-refractivity contribution in [3.05, 3.63) is 22.3 Å². The van der Waals surface area contributed by atoms with E-state index < -0.39 is 11.7 Å². The molecule has 2 rings (SSSR count). The molecule has 0 aliphatic carbocycles. The van der Waals surface area contributed by atoms with Crippen LogP contribution in [0.25, 0.3) is 0 Å². The van der Waals surface area contributed by atoms with Crippen LogP contribution >= 0.6 is 15.9 Å². The number of hydrogen-bond donors (Lipinski definition) is 1. The number of nitrogens with two attached hydrogens (primary N) is 1. The number of anilines is 1. The number of halogens is 4. The van der Waals surface area contributed by atoms with Crippen LogP contribution in [-0.2, 0) is 6.18 Å². The molecule has 0 amide bonds. The number of nitrogens with zero attached hydrogens (tertiary/aromatic N) is 2. The molecule has 0 radical (unpaired) electrons. The van der Waals surface area contributed by atoms with Gasteiger partial charge >= 0.3 is 6.18 Å². The predicted octanol–water partition coefficient (Wildman–Crippen LogP) is 3.04.